The molecule has 0 bridgehead atoms. The molecule has 1 atom stereocenters. The van der Waals surface area contributed by atoms with Gasteiger partial charge in [0.05, 0.1) is 12.5 Å². The zero-order chi connectivity index (χ0) is 19.8. The number of rotatable bonds is 6. The summed E-state index contributed by atoms with van der Waals surface area (Å²) in [5.74, 6) is -2.14. The van der Waals surface area contributed by atoms with Crippen LogP contribution in [0.15, 0.2) is 61.4 Å². The zero-order valence-electron chi connectivity index (χ0n) is 15.4. The lowest BCUT2D eigenvalue weighted by Crippen LogP contribution is -2.06. The predicted octanol–water partition coefficient (Wildman–Crippen LogP) is 3.15. The minimum Gasteiger partial charge on any atom is -0.264 e. The molecule has 0 N–H and O–H groups in total. The molecule has 4 aromatic rings. The molecule has 7 nitrogen and oxygen atoms in total. The fourth-order valence-electron chi connectivity index (χ4n) is 3.37. The Kier molecular flexibility index (Phi) is 4.15. The Labute approximate surface area is 165 Å². The summed E-state index contributed by atoms with van der Waals surface area (Å²) in [6.45, 7) is 0.838. The standard InChI is InChI=1S/C20H17F2N7/c21-20(22)8-17(20)15-4-1-5-16(7-15)19-26-18(11-28-13-24-12-25-28)27-29(19)10-14-3-2-6-23-9-14/h1-7,9,12-13,17H,8,10-11H2. The maximum absolute atomic E-state index is 13.5. The summed E-state index contributed by atoms with van der Waals surface area (Å²) in [4.78, 5) is 12.7. The Balaban J connectivity index is 1.52. The topological polar surface area (TPSA) is 74.3 Å². The number of benzene rings is 1. The molecule has 1 saturated carbocycles. The van der Waals surface area contributed by atoms with Crippen LogP contribution in [-0.4, -0.2) is 40.4 Å². The molecule has 5 rings (SSSR count). The van der Waals surface area contributed by atoms with E-state index >= 15 is 0 Å². The lowest BCUT2D eigenvalue weighted by Gasteiger charge is -2.07. The number of alkyl halides is 2. The maximum atomic E-state index is 13.5. The molecule has 9 heteroatoms. The van der Waals surface area contributed by atoms with Crippen molar-refractivity contribution in [2.45, 2.75) is 31.4 Å². The fraction of sp³-hybridized carbons (Fsp3) is 0.250. The lowest BCUT2D eigenvalue weighted by molar-refractivity contribution is 0.112. The van der Waals surface area contributed by atoms with E-state index in [-0.39, 0.29) is 6.42 Å². The van der Waals surface area contributed by atoms with Gasteiger partial charge >= 0.3 is 0 Å². The highest BCUT2D eigenvalue weighted by atomic mass is 19.3. The first-order valence-electron chi connectivity index (χ1n) is 9.22. The van der Waals surface area contributed by atoms with Crippen LogP contribution in [0.3, 0.4) is 0 Å². The molecule has 146 valence electrons. The van der Waals surface area contributed by atoms with Crippen molar-refractivity contribution in [3.8, 4) is 11.4 Å². The van der Waals surface area contributed by atoms with Crippen LogP contribution in [0.25, 0.3) is 11.4 Å². The van der Waals surface area contributed by atoms with Gasteiger partial charge in [-0.2, -0.15) is 10.2 Å². The molecule has 1 aromatic carbocycles. The zero-order valence-corrected chi connectivity index (χ0v) is 15.4. The summed E-state index contributed by atoms with van der Waals surface area (Å²) < 4.78 is 30.5. The predicted molar refractivity (Wildman–Crippen MR) is 100 cm³/mol. The molecule has 0 spiro atoms. The first-order valence-corrected chi connectivity index (χ1v) is 9.22. The quantitative estimate of drug-likeness (QED) is 0.503. The minimum absolute atomic E-state index is 0.101. The Morgan fingerprint density at radius 1 is 1.10 bits per heavy atom. The highest BCUT2D eigenvalue weighted by molar-refractivity contribution is 5.57. The van der Waals surface area contributed by atoms with Crippen molar-refractivity contribution in [1.29, 1.82) is 0 Å². The average Bonchev–Trinajstić information content (AvgIpc) is 3.07. The number of pyridine rings is 1. The van der Waals surface area contributed by atoms with E-state index in [1.54, 1.807) is 46.3 Å². The van der Waals surface area contributed by atoms with E-state index in [0.717, 1.165) is 11.1 Å². The molecule has 29 heavy (non-hydrogen) atoms. The normalized spacial score (nSPS) is 17.4. The van der Waals surface area contributed by atoms with Crippen LogP contribution in [0.2, 0.25) is 0 Å². The van der Waals surface area contributed by atoms with E-state index < -0.39 is 11.8 Å². The molecule has 1 aliphatic rings. The SMILES string of the molecule is FC1(F)CC1c1cccc(-c2nc(Cn3cncn3)nn2Cc2cccnc2)c1. The second kappa shape index (κ2) is 6.84. The van der Waals surface area contributed by atoms with Crippen LogP contribution in [0.5, 0.6) is 0 Å². The summed E-state index contributed by atoms with van der Waals surface area (Å²) in [7, 11) is 0. The van der Waals surface area contributed by atoms with Crippen LogP contribution in [0, 0.1) is 0 Å². The van der Waals surface area contributed by atoms with E-state index in [9.17, 15) is 8.78 Å². The van der Waals surface area contributed by atoms with Crippen molar-refractivity contribution in [2.24, 2.45) is 0 Å². The Morgan fingerprint density at radius 2 is 2.00 bits per heavy atom. The fourth-order valence-corrected chi connectivity index (χ4v) is 3.37. The molecule has 0 saturated heterocycles. The summed E-state index contributed by atoms with van der Waals surface area (Å²) in [6.07, 6.45) is 6.42. The van der Waals surface area contributed by atoms with Crippen molar-refractivity contribution in [2.75, 3.05) is 0 Å². The van der Waals surface area contributed by atoms with E-state index in [1.807, 2.05) is 18.2 Å². The Bertz CT molecular complexity index is 1120. The smallest absolute Gasteiger partial charge is 0.255 e. The van der Waals surface area contributed by atoms with Gasteiger partial charge in [0.2, 0.25) is 0 Å². The minimum atomic E-state index is -2.61. The first-order chi connectivity index (χ1) is 14.1. The molecule has 0 aliphatic heterocycles. The van der Waals surface area contributed by atoms with Gasteiger partial charge in [0.25, 0.3) is 5.92 Å². The van der Waals surface area contributed by atoms with Gasteiger partial charge < -0.3 is 0 Å². The molecule has 3 aromatic heterocycles. The van der Waals surface area contributed by atoms with Gasteiger partial charge in [-0.15, -0.1) is 0 Å². The first kappa shape index (κ1) is 17.6. The van der Waals surface area contributed by atoms with Crippen molar-refractivity contribution in [1.82, 2.24) is 34.5 Å². The third-order valence-corrected chi connectivity index (χ3v) is 4.91. The van der Waals surface area contributed by atoms with E-state index in [1.165, 1.54) is 6.33 Å². The van der Waals surface area contributed by atoms with Crippen molar-refractivity contribution < 1.29 is 8.78 Å². The highest BCUT2D eigenvalue weighted by Gasteiger charge is 2.57. The van der Waals surface area contributed by atoms with E-state index in [4.69, 9.17) is 0 Å². The summed E-state index contributed by atoms with van der Waals surface area (Å²) in [5, 5.41) is 8.71. The van der Waals surface area contributed by atoms with Crippen molar-refractivity contribution in [3.63, 3.8) is 0 Å². The second-order valence-electron chi connectivity index (χ2n) is 7.11. The number of hydrogen-bond acceptors (Lipinski definition) is 5. The maximum Gasteiger partial charge on any atom is 0.255 e. The molecular formula is C20H17F2N7. The summed E-state index contributed by atoms with van der Waals surface area (Å²) in [5.41, 5.74) is 2.35. The van der Waals surface area contributed by atoms with Crippen LogP contribution in [-0.2, 0) is 13.1 Å². The van der Waals surface area contributed by atoms with E-state index in [2.05, 4.69) is 25.1 Å². The largest absolute Gasteiger partial charge is 0.264 e. The van der Waals surface area contributed by atoms with Gasteiger partial charge in [-0.3, -0.25) is 4.98 Å². The molecule has 1 aliphatic carbocycles. The van der Waals surface area contributed by atoms with Crippen LogP contribution in [0.1, 0.15) is 29.3 Å². The molecule has 1 fully saturated rings. The van der Waals surface area contributed by atoms with E-state index in [0.29, 0.717) is 30.3 Å². The third-order valence-electron chi connectivity index (χ3n) is 4.91. The second-order valence-corrected chi connectivity index (χ2v) is 7.11. The van der Waals surface area contributed by atoms with Crippen molar-refractivity contribution in [3.05, 3.63) is 78.4 Å². The molecule has 1 unspecified atom stereocenters. The van der Waals surface area contributed by atoms with Crippen LogP contribution < -0.4 is 0 Å². The van der Waals surface area contributed by atoms with Crippen molar-refractivity contribution >= 4 is 0 Å². The third kappa shape index (κ3) is 3.63. The highest BCUT2D eigenvalue weighted by Crippen LogP contribution is 2.55. The number of aromatic nitrogens is 7. The van der Waals surface area contributed by atoms with Gasteiger partial charge in [-0.05, 0) is 23.3 Å². The summed E-state index contributed by atoms with van der Waals surface area (Å²) >= 11 is 0. The van der Waals surface area contributed by atoms with Gasteiger partial charge in [0.1, 0.15) is 19.2 Å². The Hall–Kier alpha value is -3.49. The monoisotopic (exact) mass is 393 g/mol. The summed E-state index contributed by atoms with van der Waals surface area (Å²) in [6, 6.07) is 11.0. The molecule has 0 radical (unpaired) electrons. The van der Waals surface area contributed by atoms with Crippen LogP contribution >= 0.6 is 0 Å². The van der Waals surface area contributed by atoms with Gasteiger partial charge in [0, 0.05) is 24.4 Å². The van der Waals surface area contributed by atoms with Gasteiger partial charge in [0.15, 0.2) is 11.6 Å². The van der Waals surface area contributed by atoms with Crippen LogP contribution in [0.4, 0.5) is 8.78 Å². The molecule has 0 amide bonds. The van der Waals surface area contributed by atoms with Gasteiger partial charge in [-0.25, -0.2) is 28.1 Å². The number of hydrogen-bond donors (Lipinski definition) is 0. The molecule has 3 heterocycles. The number of nitrogens with zero attached hydrogens (tertiary/aromatic N) is 7. The molecular weight excluding hydrogens is 376 g/mol. The number of halogens is 2. The van der Waals surface area contributed by atoms with Gasteiger partial charge in [-0.1, -0.05) is 24.3 Å². The average molecular weight is 393 g/mol. The Morgan fingerprint density at radius 3 is 2.72 bits per heavy atom. The lowest BCUT2D eigenvalue weighted by atomic mass is 10.1.